The summed E-state index contributed by atoms with van der Waals surface area (Å²) in [5, 5.41) is 5.56. The van der Waals surface area contributed by atoms with Gasteiger partial charge in [0.15, 0.2) is 0 Å². The highest BCUT2D eigenvalue weighted by Gasteiger charge is 2.38. The molecule has 2 atom stereocenters. The molecule has 0 nitrogen and oxygen atoms in total. The average Bonchev–Trinajstić information content (AvgIpc) is 3.54. The molecule has 6 aromatic rings. The van der Waals surface area contributed by atoms with E-state index in [0.717, 1.165) is 0 Å². The molecule has 0 N–H and O–H groups in total. The van der Waals surface area contributed by atoms with Crippen LogP contribution >= 0.6 is 0 Å². The third-order valence-electron chi connectivity index (χ3n) is 10.0. The summed E-state index contributed by atoms with van der Waals surface area (Å²) in [4.78, 5) is 0. The van der Waals surface area contributed by atoms with E-state index < -0.39 is 0 Å². The maximum Gasteiger partial charge on any atom is 0.0144 e. The van der Waals surface area contributed by atoms with Crippen LogP contribution in [0, 0.1) is 12.8 Å². The van der Waals surface area contributed by atoms with Gasteiger partial charge in [-0.1, -0.05) is 115 Å². The third-order valence-corrected chi connectivity index (χ3v) is 10.0. The summed E-state index contributed by atoms with van der Waals surface area (Å²) in [6, 6.07) is 43.4. The van der Waals surface area contributed by atoms with Crippen molar-refractivity contribution in [3.8, 4) is 33.4 Å². The summed E-state index contributed by atoms with van der Waals surface area (Å²) in [5.41, 5.74) is 18.1. The monoisotopic (exact) mass is 518 g/mol. The van der Waals surface area contributed by atoms with E-state index in [-0.39, 0.29) is 11.8 Å². The van der Waals surface area contributed by atoms with Gasteiger partial charge >= 0.3 is 0 Å². The van der Waals surface area contributed by atoms with Gasteiger partial charge in [0.05, 0.1) is 0 Å². The molecule has 41 heavy (non-hydrogen) atoms. The highest BCUT2D eigenvalue weighted by atomic mass is 14.4. The summed E-state index contributed by atoms with van der Waals surface area (Å²) in [5.74, 6) is 0.573. The number of aryl methyl sites for hydroxylation is 1. The van der Waals surface area contributed by atoms with Crippen LogP contribution in [0.1, 0.15) is 33.7 Å². The van der Waals surface area contributed by atoms with Crippen LogP contribution in [0.5, 0.6) is 0 Å². The van der Waals surface area contributed by atoms with Crippen molar-refractivity contribution >= 4 is 28.0 Å². The van der Waals surface area contributed by atoms with E-state index in [1.54, 1.807) is 0 Å². The summed E-state index contributed by atoms with van der Waals surface area (Å²) < 4.78 is 0. The number of allylic oxidation sites excluding steroid dienone is 1. The Morgan fingerprint density at radius 1 is 0.512 bits per heavy atom. The van der Waals surface area contributed by atoms with Crippen molar-refractivity contribution in [2.24, 2.45) is 5.92 Å². The maximum absolute atomic E-state index is 2.59. The molecule has 0 spiro atoms. The van der Waals surface area contributed by atoms with Crippen molar-refractivity contribution in [2.45, 2.75) is 12.8 Å². The van der Waals surface area contributed by atoms with Crippen LogP contribution in [0.15, 0.2) is 121 Å². The van der Waals surface area contributed by atoms with Crippen molar-refractivity contribution in [1.29, 1.82) is 0 Å². The molecule has 0 aromatic heterocycles. The van der Waals surface area contributed by atoms with Gasteiger partial charge in [-0.15, -0.1) is 0 Å². The molecule has 0 saturated carbocycles. The maximum atomic E-state index is 2.59. The number of rotatable bonds is 1. The molecule has 0 heterocycles. The van der Waals surface area contributed by atoms with E-state index in [9.17, 15) is 0 Å². The minimum atomic E-state index is 0.286. The molecule has 0 aliphatic heterocycles. The van der Waals surface area contributed by atoms with E-state index >= 15 is 0 Å². The molecule has 4 aliphatic carbocycles. The van der Waals surface area contributed by atoms with Crippen molar-refractivity contribution < 1.29 is 0 Å². The van der Waals surface area contributed by atoms with E-state index in [1.807, 2.05) is 0 Å². The minimum absolute atomic E-state index is 0.286. The van der Waals surface area contributed by atoms with Gasteiger partial charge < -0.3 is 0 Å². The van der Waals surface area contributed by atoms with Gasteiger partial charge in [0.25, 0.3) is 0 Å². The van der Waals surface area contributed by atoms with E-state index in [2.05, 4.69) is 134 Å². The SMILES string of the molecule is Cc1ccc2cccc3c2c1-c1cc2c(cc1-3)C(c1ccccc1)=CC1C3=c4c(cccc4=CC21)-c1ccccc13. The van der Waals surface area contributed by atoms with Gasteiger partial charge in [-0.25, -0.2) is 0 Å². The topological polar surface area (TPSA) is 0 Å². The molecular formula is C41H26. The van der Waals surface area contributed by atoms with Crippen LogP contribution < -0.4 is 10.4 Å². The lowest BCUT2D eigenvalue weighted by Gasteiger charge is -2.35. The summed E-state index contributed by atoms with van der Waals surface area (Å²) in [7, 11) is 0. The molecule has 190 valence electrons. The van der Waals surface area contributed by atoms with Crippen LogP contribution in [-0.4, -0.2) is 0 Å². The van der Waals surface area contributed by atoms with Crippen molar-refractivity contribution in [3.63, 3.8) is 0 Å². The Labute approximate surface area is 239 Å². The second kappa shape index (κ2) is 7.62. The predicted octanol–water partition coefficient (Wildman–Crippen LogP) is 8.61. The first-order chi connectivity index (χ1) is 20.3. The molecule has 0 saturated heterocycles. The molecule has 0 radical (unpaired) electrons. The highest BCUT2D eigenvalue weighted by Crippen LogP contribution is 2.55. The van der Waals surface area contributed by atoms with Gasteiger partial charge in [0, 0.05) is 11.8 Å². The first kappa shape index (κ1) is 21.8. The second-order valence-corrected chi connectivity index (χ2v) is 12.0. The lowest BCUT2D eigenvalue weighted by Crippen LogP contribution is -2.36. The highest BCUT2D eigenvalue weighted by molar-refractivity contribution is 6.17. The molecule has 0 amide bonds. The largest absolute Gasteiger partial charge is 0.0681 e. The summed E-state index contributed by atoms with van der Waals surface area (Å²) >= 11 is 0. The van der Waals surface area contributed by atoms with E-state index in [4.69, 9.17) is 0 Å². The lowest BCUT2D eigenvalue weighted by molar-refractivity contribution is 0.733. The standard InChI is InChI=1S/C41H26/c1-23-17-18-25-11-7-16-30-33-21-34-31(24-9-3-2-4-10-24)20-37-32(35(34)22-36(33)38(23)39(25)30)19-26-12-8-15-28-27-13-5-6-14-29(27)41(37)40(26)28/h2-22,32,37H,1H3. The molecule has 6 aromatic carbocycles. The zero-order valence-electron chi connectivity index (χ0n) is 22.8. The Balaban J connectivity index is 1.32. The Morgan fingerprint density at radius 3 is 2.20 bits per heavy atom. The fourth-order valence-electron chi connectivity index (χ4n) is 8.36. The van der Waals surface area contributed by atoms with Crippen LogP contribution in [-0.2, 0) is 0 Å². The van der Waals surface area contributed by atoms with E-state index in [1.165, 1.54) is 93.6 Å². The average molecular weight is 519 g/mol. The summed E-state index contributed by atoms with van der Waals surface area (Å²) in [6.07, 6.45) is 5.16. The Morgan fingerprint density at radius 2 is 1.29 bits per heavy atom. The zero-order chi connectivity index (χ0) is 26.8. The lowest BCUT2D eigenvalue weighted by atomic mass is 9.68. The molecule has 0 bridgehead atoms. The predicted molar refractivity (Wildman–Crippen MR) is 171 cm³/mol. The quantitative estimate of drug-likeness (QED) is 0.204. The Hall–Kier alpha value is -4.94. The van der Waals surface area contributed by atoms with Crippen LogP contribution in [0.4, 0.5) is 0 Å². The van der Waals surface area contributed by atoms with Gasteiger partial charge in [-0.05, 0) is 113 Å². The first-order valence-corrected chi connectivity index (χ1v) is 14.7. The van der Waals surface area contributed by atoms with Gasteiger partial charge in [-0.2, -0.15) is 0 Å². The first-order valence-electron chi connectivity index (χ1n) is 14.7. The van der Waals surface area contributed by atoms with Crippen molar-refractivity contribution in [3.05, 3.63) is 160 Å². The van der Waals surface area contributed by atoms with Crippen LogP contribution in [0.3, 0.4) is 0 Å². The van der Waals surface area contributed by atoms with Gasteiger partial charge in [-0.3, -0.25) is 0 Å². The normalized spacial score (nSPS) is 18.2. The fraction of sp³-hybridized carbons (Fsp3) is 0.0732. The number of hydrogen-bond donors (Lipinski definition) is 0. The second-order valence-electron chi connectivity index (χ2n) is 12.0. The van der Waals surface area contributed by atoms with Crippen LogP contribution in [0.2, 0.25) is 0 Å². The third kappa shape index (κ3) is 2.70. The molecule has 4 aliphatic rings. The minimum Gasteiger partial charge on any atom is -0.0681 e. The number of hydrogen-bond acceptors (Lipinski definition) is 0. The fourth-order valence-corrected chi connectivity index (χ4v) is 8.36. The van der Waals surface area contributed by atoms with E-state index in [0.29, 0.717) is 0 Å². The smallest absolute Gasteiger partial charge is 0.0144 e. The molecular weight excluding hydrogens is 492 g/mol. The number of fused-ring (bicyclic) bond motifs is 10. The van der Waals surface area contributed by atoms with Crippen molar-refractivity contribution in [1.82, 2.24) is 0 Å². The molecule has 0 heteroatoms. The molecule has 2 unspecified atom stereocenters. The molecule has 0 fully saturated rings. The summed E-state index contributed by atoms with van der Waals surface area (Å²) in [6.45, 7) is 2.27. The number of benzene rings is 6. The van der Waals surface area contributed by atoms with Crippen LogP contribution in [0.25, 0.3) is 61.4 Å². The zero-order valence-corrected chi connectivity index (χ0v) is 22.8. The molecule has 10 rings (SSSR count). The van der Waals surface area contributed by atoms with Crippen molar-refractivity contribution in [2.75, 3.05) is 0 Å². The Kier molecular flexibility index (Phi) is 4.06. The van der Waals surface area contributed by atoms with Gasteiger partial charge in [0.1, 0.15) is 0 Å². The van der Waals surface area contributed by atoms with Gasteiger partial charge in [0.2, 0.25) is 0 Å². The Bertz CT molecular complexity index is 2310.